The number of rotatable bonds is 11. The first-order valence-corrected chi connectivity index (χ1v) is 14.8. The average Bonchev–Trinajstić information content (AvgIpc) is 3.43. The molecule has 1 amide bonds. The molecule has 0 spiro atoms. The van der Waals surface area contributed by atoms with Crippen molar-refractivity contribution in [1.82, 2.24) is 19.6 Å². The lowest BCUT2D eigenvalue weighted by Crippen LogP contribution is -2.47. The number of aromatic nitrogens is 3. The molecule has 45 heavy (non-hydrogen) atoms. The smallest absolute Gasteiger partial charge is 0.338 e. The van der Waals surface area contributed by atoms with E-state index in [1.807, 2.05) is 12.1 Å². The zero-order valence-corrected chi connectivity index (χ0v) is 26.1. The lowest BCUT2D eigenvalue weighted by atomic mass is 9.98. The number of hydrogen-bond donors (Lipinski definition) is 2. The zero-order chi connectivity index (χ0) is 32.0. The molecule has 0 radical (unpaired) electrons. The Hall–Kier alpha value is -4.94. The van der Waals surface area contributed by atoms with E-state index in [4.69, 9.17) is 14.3 Å². The summed E-state index contributed by atoms with van der Waals surface area (Å²) in [4.78, 5) is 44.3. The molecule has 0 bridgehead atoms. The molecular formula is C33H39N7O5. The fourth-order valence-corrected chi connectivity index (χ4v) is 4.67. The van der Waals surface area contributed by atoms with Crippen LogP contribution in [0.25, 0.3) is 11.0 Å². The summed E-state index contributed by atoms with van der Waals surface area (Å²) < 4.78 is 12.7. The summed E-state index contributed by atoms with van der Waals surface area (Å²) >= 11 is 0. The summed E-state index contributed by atoms with van der Waals surface area (Å²) in [5.74, 6) is 0.171. The Balaban J connectivity index is 1.39. The van der Waals surface area contributed by atoms with Crippen molar-refractivity contribution in [3.05, 3.63) is 73.4 Å². The van der Waals surface area contributed by atoms with Gasteiger partial charge in [-0.05, 0) is 69.3 Å². The van der Waals surface area contributed by atoms with Crippen LogP contribution in [-0.2, 0) is 14.3 Å². The molecule has 0 atom stereocenters. The molecule has 1 saturated heterocycles. The average molecular weight is 614 g/mol. The molecule has 1 aliphatic heterocycles. The predicted octanol–water partition coefficient (Wildman–Crippen LogP) is 4.86. The first-order valence-electron chi connectivity index (χ1n) is 14.8. The number of carbonyl (C=O) groups excluding carboxylic acids is 2. The van der Waals surface area contributed by atoms with Crippen LogP contribution in [0.5, 0.6) is 11.6 Å². The summed E-state index contributed by atoms with van der Waals surface area (Å²) in [7, 11) is 1.73. The number of amides is 1. The Kier molecular flexibility index (Phi) is 9.65. The maximum Gasteiger partial charge on any atom is 0.338 e. The van der Waals surface area contributed by atoms with Crippen LogP contribution in [0.15, 0.2) is 73.4 Å². The molecule has 12 nitrogen and oxygen atoms in total. The van der Waals surface area contributed by atoms with Gasteiger partial charge in [0.1, 0.15) is 5.75 Å². The van der Waals surface area contributed by atoms with Gasteiger partial charge in [0, 0.05) is 69.2 Å². The fraction of sp³-hybridized carbons (Fsp3) is 0.333. The molecule has 1 aliphatic rings. The second-order valence-electron chi connectivity index (χ2n) is 11.7. The van der Waals surface area contributed by atoms with Gasteiger partial charge in [0.2, 0.25) is 17.7 Å². The van der Waals surface area contributed by atoms with Crippen molar-refractivity contribution in [3.8, 4) is 11.6 Å². The highest BCUT2D eigenvalue weighted by atomic mass is 16.7. The molecule has 236 valence electrons. The van der Waals surface area contributed by atoms with Crippen molar-refractivity contribution in [3.63, 3.8) is 0 Å². The van der Waals surface area contributed by atoms with E-state index in [1.54, 1.807) is 64.4 Å². The van der Waals surface area contributed by atoms with Crippen molar-refractivity contribution in [2.45, 2.75) is 20.8 Å². The summed E-state index contributed by atoms with van der Waals surface area (Å²) in [6.45, 7) is 14.4. The largest absolute Gasteiger partial charge is 0.438 e. The summed E-state index contributed by atoms with van der Waals surface area (Å²) in [6, 6.07) is 16.7. The SMILES string of the molecule is C=CC(=O)Nc1cccc(Oc2nc(Nc3ccc(N4CCN(CCOC)CC4)cc3)nc3c2ccn3OC(=O)C(C)(C)C)c1. The number of benzene rings is 2. The van der Waals surface area contributed by atoms with Crippen molar-refractivity contribution in [2.75, 3.05) is 62.0 Å². The minimum absolute atomic E-state index is 0.239. The monoisotopic (exact) mass is 613 g/mol. The van der Waals surface area contributed by atoms with Crippen molar-refractivity contribution in [2.24, 2.45) is 5.41 Å². The number of carbonyl (C=O) groups is 2. The van der Waals surface area contributed by atoms with Crippen LogP contribution < -0.4 is 25.1 Å². The highest BCUT2D eigenvalue weighted by Crippen LogP contribution is 2.32. The molecule has 5 rings (SSSR count). The summed E-state index contributed by atoms with van der Waals surface area (Å²) in [5.41, 5.74) is 2.08. The fourth-order valence-electron chi connectivity index (χ4n) is 4.67. The third kappa shape index (κ3) is 7.97. The predicted molar refractivity (Wildman–Crippen MR) is 174 cm³/mol. The van der Waals surface area contributed by atoms with Gasteiger partial charge in [-0.15, -0.1) is 0 Å². The Morgan fingerprint density at radius 1 is 1.00 bits per heavy atom. The third-order valence-electron chi connectivity index (χ3n) is 7.24. The lowest BCUT2D eigenvalue weighted by Gasteiger charge is -2.36. The van der Waals surface area contributed by atoms with Crippen molar-refractivity contribution < 1.29 is 23.9 Å². The molecule has 0 aliphatic carbocycles. The van der Waals surface area contributed by atoms with Crippen LogP contribution in [0, 0.1) is 5.41 Å². The summed E-state index contributed by atoms with van der Waals surface area (Å²) in [6.07, 6.45) is 2.79. The maximum absolute atomic E-state index is 12.7. The molecule has 0 saturated carbocycles. The van der Waals surface area contributed by atoms with Gasteiger partial charge in [-0.1, -0.05) is 12.6 Å². The maximum atomic E-state index is 12.7. The Bertz CT molecular complexity index is 1650. The minimum Gasteiger partial charge on any atom is -0.438 e. The standard InChI is InChI=1S/C33H39N7O5/c1-6-28(41)34-24-8-7-9-26(22-24)44-30-27-14-15-40(45-31(42)33(2,3)4)29(27)36-32(37-30)35-23-10-12-25(13-11-23)39-18-16-38(17-19-39)20-21-43-5/h6-15,22H,1,16-21H2,2-5H3,(H,34,41)(H,35,36,37). The Morgan fingerprint density at radius 3 is 2.44 bits per heavy atom. The second kappa shape index (κ2) is 13.8. The van der Waals surface area contributed by atoms with Crippen LogP contribution in [0.4, 0.5) is 23.0 Å². The Morgan fingerprint density at radius 2 is 1.76 bits per heavy atom. The minimum atomic E-state index is -0.724. The van der Waals surface area contributed by atoms with Crippen LogP contribution >= 0.6 is 0 Å². The number of nitrogens with one attached hydrogen (secondary N) is 2. The normalized spacial score (nSPS) is 13.8. The van der Waals surface area contributed by atoms with E-state index in [1.165, 1.54) is 10.8 Å². The summed E-state index contributed by atoms with van der Waals surface area (Å²) in [5, 5.41) is 6.52. The van der Waals surface area contributed by atoms with Gasteiger partial charge in [0.05, 0.1) is 17.4 Å². The van der Waals surface area contributed by atoms with E-state index >= 15 is 0 Å². The molecule has 2 aromatic heterocycles. The van der Waals surface area contributed by atoms with Crippen molar-refractivity contribution in [1.29, 1.82) is 0 Å². The molecule has 2 aromatic carbocycles. The van der Waals surface area contributed by atoms with Gasteiger partial charge in [-0.25, -0.2) is 4.79 Å². The van der Waals surface area contributed by atoms with Crippen LogP contribution in [0.3, 0.4) is 0 Å². The highest BCUT2D eigenvalue weighted by molar-refractivity contribution is 5.99. The van der Waals surface area contributed by atoms with Gasteiger partial charge < -0.3 is 29.8 Å². The lowest BCUT2D eigenvalue weighted by molar-refractivity contribution is -0.152. The van der Waals surface area contributed by atoms with Gasteiger partial charge in [0.15, 0.2) is 5.65 Å². The molecule has 1 fully saturated rings. The van der Waals surface area contributed by atoms with Crippen molar-refractivity contribution >= 4 is 45.9 Å². The van der Waals surface area contributed by atoms with Crippen LogP contribution in [0.1, 0.15) is 20.8 Å². The van der Waals surface area contributed by atoms with E-state index in [0.717, 1.165) is 50.7 Å². The van der Waals surface area contributed by atoms with Gasteiger partial charge in [-0.2, -0.15) is 14.7 Å². The number of anilines is 4. The highest BCUT2D eigenvalue weighted by Gasteiger charge is 2.26. The number of ether oxygens (including phenoxy) is 2. The number of methoxy groups -OCH3 is 1. The number of nitrogens with zero attached hydrogens (tertiary/aromatic N) is 5. The van der Waals surface area contributed by atoms with E-state index in [0.29, 0.717) is 22.5 Å². The van der Waals surface area contributed by atoms with E-state index in [-0.39, 0.29) is 17.7 Å². The molecule has 3 heterocycles. The number of hydrogen-bond acceptors (Lipinski definition) is 10. The van der Waals surface area contributed by atoms with E-state index < -0.39 is 11.4 Å². The van der Waals surface area contributed by atoms with Crippen LogP contribution in [-0.4, -0.2) is 77.9 Å². The second-order valence-corrected chi connectivity index (χ2v) is 11.7. The van der Waals surface area contributed by atoms with E-state index in [9.17, 15) is 9.59 Å². The van der Waals surface area contributed by atoms with Gasteiger partial charge in [0.25, 0.3) is 0 Å². The van der Waals surface area contributed by atoms with Gasteiger partial charge >= 0.3 is 5.97 Å². The number of piperazine rings is 1. The van der Waals surface area contributed by atoms with Gasteiger partial charge in [-0.3, -0.25) is 9.69 Å². The zero-order valence-electron chi connectivity index (χ0n) is 26.1. The molecule has 0 unspecified atom stereocenters. The molecule has 4 aromatic rings. The quantitative estimate of drug-likeness (QED) is 0.227. The molecular weight excluding hydrogens is 574 g/mol. The first kappa shape index (κ1) is 31.5. The topological polar surface area (TPSA) is 123 Å². The van der Waals surface area contributed by atoms with Crippen LogP contribution in [0.2, 0.25) is 0 Å². The molecule has 2 N–H and O–H groups in total. The first-order chi connectivity index (χ1) is 21.6. The third-order valence-corrected chi connectivity index (χ3v) is 7.24. The van der Waals surface area contributed by atoms with E-state index in [2.05, 4.69) is 49.1 Å². The number of fused-ring (bicyclic) bond motifs is 1. The molecule has 12 heteroatoms. The Labute approximate surface area is 262 Å².